The van der Waals surface area contributed by atoms with Crippen LogP contribution >= 0.6 is 15.9 Å². The molecule has 0 saturated heterocycles. The first-order valence-electron chi connectivity index (χ1n) is 7.59. The van der Waals surface area contributed by atoms with Gasteiger partial charge in [-0.3, -0.25) is 4.79 Å². The Labute approximate surface area is 145 Å². The molecular weight excluding hydrogens is 356 g/mol. The number of rotatable bonds is 6. The van der Waals surface area contributed by atoms with Crippen LogP contribution in [0.3, 0.4) is 0 Å². The zero-order valence-electron chi connectivity index (χ0n) is 13.6. The van der Waals surface area contributed by atoms with Crippen molar-refractivity contribution in [2.45, 2.75) is 27.2 Å². The highest BCUT2D eigenvalue weighted by Crippen LogP contribution is 2.26. The number of nitrogens with zero attached hydrogens (tertiary/aromatic N) is 2. The molecule has 1 aromatic heterocycles. The maximum Gasteiger partial charge on any atom is 0.270 e. The first kappa shape index (κ1) is 17.4. The second-order valence-electron chi connectivity index (χ2n) is 5.84. The maximum atomic E-state index is 12.1. The highest BCUT2D eigenvalue weighted by atomic mass is 79.9. The van der Waals surface area contributed by atoms with Crippen LogP contribution in [-0.4, -0.2) is 22.4 Å². The van der Waals surface area contributed by atoms with Crippen LogP contribution < -0.4 is 10.6 Å². The van der Waals surface area contributed by atoms with Gasteiger partial charge in [-0.05, 0) is 52.9 Å². The van der Waals surface area contributed by atoms with Gasteiger partial charge in [0.15, 0.2) is 0 Å². The molecule has 23 heavy (non-hydrogen) atoms. The van der Waals surface area contributed by atoms with E-state index in [2.05, 4.69) is 50.4 Å². The van der Waals surface area contributed by atoms with Crippen LogP contribution in [0.25, 0.3) is 0 Å². The van der Waals surface area contributed by atoms with Gasteiger partial charge in [0.05, 0.1) is 5.69 Å². The molecule has 5 nitrogen and oxygen atoms in total. The third-order valence-electron chi connectivity index (χ3n) is 3.29. The molecule has 0 atom stereocenters. The summed E-state index contributed by atoms with van der Waals surface area (Å²) in [5, 5.41) is 6.06. The third kappa shape index (κ3) is 5.32. The number of aryl methyl sites for hydroxylation is 1. The van der Waals surface area contributed by atoms with Crippen LogP contribution in [0.1, 0.15) is 36.3 Å². The Morgan fingerprint density at radius 1 is 1.26 bits per heavy atom. The van der Waals surface area contributed by atoms with Gasteiger partial charge in [0, 0.05) is 17.1 Å². The predicted octanol–water partition coefficient (Wildman–Crippen LogP) is 4.07. The Kier molecular flexibility index (Phi) is 6.10. The highest BCUT2D eigenvalue weighted by molar-refractivity contribution is 9.10. The lowest BCUT2D eigenvalue weighted by molar-refractivity contribution is 0.0947. The Bertz CT molecular complexity index is 688. The monoisotopic (exact) mass is 376 g/mol. The normalized spacial score (nSPS) is 10.7. The van der Waals surface area contributed by atoms with E-state index in [0.717, 1.165) is 22.1 Å². The fourth-order valence-corrected chi connectivity index (χ4v) is 2.57. The molecule has 0 saturated carbocycles. The minimum Gasteiger partial charge on any atom is -0.351 e. The number of hydrogen-bond donors (Lipinski definition) is 2. The summed E-state index contributed by atoms with van der Waals surface area (Å²) in [5.41, 5.74) is 2.41. The summed E-state index contributed by atoms with van der Waals surface area (Å²) in [6.45, 7) is 6.92. The molecule has 0 aliphatic rings. The maximum absolute atomic E-state index is 12.1. The lowest BCUT2D eigenvalue weighted by Crippen LogP contribution is -2.26. The molecule has 2 N–H and O–H groups in total. The van der Waals surface area contributed by atoms with Crippen molar-refractivity contribution in [1.82, 2.24) is 15.3 Å². The fraction of sp³-hybridized carbons (Fsp3) is 0.353. The number of amides is 1. The van der Waals surface area contributed by atoms with Gasteiger partial charge in [-0.1, -0.05) is 19.9 Å². The quantitative estimate of drug-likeness (QED) is 0.797. The number of benzene rings is 1. The van der Waals surface area contributed by atoms with Crippen LogP contribution in [-0.2, 0) is 0 Å². The van der Waals surface area contributed by atoms with Crippen molar-refractivity contribution in [3.8, 4) is 0 Å². The number of carbonyl (C=O) groups is 1. The lowest BCUT2D eigenvalue weighted by Gasteiger charge is -2.10. The average molecular weight is 377 g/mol. The Morgan fingerprint density at radius 2 is 2.04 bits per heavy atom. The van der Waals surface area contributed by atoms with Crippen LogP contribution in [0, 0.1) is 12.8 Å². The predicted molar refractivity (Wildman–Crippen MR) is 96.0 cm³/mol. The van der Waals surface area contributed by atoms with Crippen LogP contribution in [0.5, 0.6) is 0 Å². The zero-order valence-corrected chi connectivity index (χ0v) is 15.1. The minimum absolute atomic E-state index is 0.181. The molecule has 1 amide bonds. The molecule has 1 heterocycles. The molecular formula is C17H21BrN4O. The molecule has 2 aromatic rings. The number of halogens is 1. The molecule has 6 heteroatoms. The van der Waals surface area contributed by atoms with Gasteiger partial charge in [0.2, 0.25) is 0 Å². The number of nitrogens with one attached hydrogen (secondary N) is 2. The van der Waals surface area contributed by atoms with E-state index in [9.17, 15) is 4.79 Å². The number of aromatic nitrogens is 2. The number of carbonyl (C=O) groups excluding carboxylic acids is 1. The summed E-state index contributed by atoms with van der Waals surface area (Å²) in [4.78, 5) is 20.3. The first-order valence-corrected chi connectivity index (χ1v) is 8.38. The molecule has 0 aliphatic carbocycles. The largest absolute Gasteiger partial charge is 0.351 e. The lowest BCUT2D eigenvalue weighted by atomic mass is 10.1. The van der Waals surface area contributed by atoms with Gasteiger partial charge in [-0.2, -0.15) is 0 Å². The van der Waals surface area contributed by atoms with E-state index in [-0.39, 0.29) is 5.91 Å². The van der Waals surface area contributed by atoms with Crippen molar-refractivity contribution in [3.63, 3.8) is 0 Å². The summed E-state index contributed by atoms with van der Waals surface area (Å²) in [5.74, 6) is 0.953. The Hall–Kier alpha value is -1.95. The van der Waals surface area contributed by atoms with Gasteiger partial charge < -0.3 is 10.6 Å². The number of hydrogen-bond acceptors (Lipinski definition) is 4. The van der Waals surface area contributed by atoms with Crippen molar-refractivity contribution in [3.05, 3.63) is 46.3 Å². The van der Waals surface area contributed by atoms with E-state index in [1.165, 1.54) is 6.33 Å². The third-order valence-corrected chi connectivity index (χ3v) is 3.95. The topological polar surface area (TPSA) is 66.9 Å². The van der Waals surface area contributed by atoms with E-state index in [4.69, 9.17) is 0 Å². The van der Waals surface area contributed by atoms with Crippen LogP contribution in [0.4, 0.5) is 11.5 Å². The Morgan fingerprint density at radius 3 is 2.74 bits per heavy atom. The second kappa shape index (κ2) is 8.06. The molecule has 0 spiro atoms. The van der Waals surface area contributed by atoms with Gasteiger partial charge in [-0.25, -0.2) is 9.97 Å². The van der Waals surface area contributed by atoms with Crippen molar-refractivity contribution in [2.24, 2.45) is 5.92 Å². The smallest absolute Gasteiger partial charge is 0.270 e. The van der Waals surface area contributed by atoms with E-state index in [0.29, 0.717) is 24.0 Å². The molecule has 122 valence electrons. The molecule has 0 fully saturated rings. The number of anilines is 2. The van der Waals surface area contributed by atoms with E-state index >= 15 is 0 Å². The summed E-state index contributed by atoms with van der Waals surface area (Å²) >= 11 is 3.51. The minimum atomic E-state index is -0.181. The summed E-state index contributed by atoms with van der Waals surface area (Å²) in [6.07, 6.45) is 2.33. The van der Waals surface area contributed by atoms with Crippen molar-refractivity contribution in [2.75, 3.05) is 11.9 Å². The standard InChI is InChI=1S/C17H21BrN4O/c1-11(2)6-7-19-17(23)15-9-16(21-10-20-15)22-14-5-4-12(3)8-13(14)18/h4-5,8-11H,6-7H2,1-3H3,(H,19,23)(H,20,21,22). The van der Waals surface area contributed by atoms with Gasteiger partial charge in [-0.15, -0.1) is 0 Å². The van der Waals surface area contributed by atoms with Gasteiger partial charge in [0.1, 0.15) is 17.8 Å². The molecule has 0 unspecified atom stereocenters. The molecule has 2 rings (SSSR count). The van der Waals surface area contributed by atoms with E-state index in [1.807, 2.05) is 25.1 Å². The summed E-state index contributed by atoms with van der Waals surface area (Å²) in [7, 11) is 0. The SMILES string of the molecule is Cc1ccc(Nc2cc(C(=O)NCCC(C)C)ncn2)c(Br)c1. The summed E-state index contributed by atoms with van der Waals surface area (Å²) in [6, 6.07) is 7.64. The van der Waals surface area contributed by atoms with Gasteiger partial charge in [0.25, 0.3) is 5.91 Å². The molecule has 0 radical (unpaired) electrons. The fourth-order valence-electron chi connectivity index (χ4n) is 1.97. The van der Waals surface area contributed by atoms with Crippen molar-refractivity contribution < 1.29 is 4.79 Å². The van der Waals surface area contributed by atoms with Gasteiger partial charge >= 0.3 is 0 Å². The van der Waals surface area contributed by atoms with Crippen LogP contribution in [0.2, 0.25) is 0 Å². The molecule has 0 bridgehead atoms. The second-order valence-corrected chi connectivity index (χ2v) is 6.69. The zero-order chi connectivity index (χ0) is 16.8. The summed E-state index contributed by atoms with van der Waals surface area (Å²) < 4.78 is 0.944. The first-order chi connectivity index (χ1) is 11.0. The average Bonchev–Trinajstić information content (AvgIpc) is 2.50. The van der Waals surface area contributed by atoms with E-state index in [1.54, 1.807) is 6.07 Å². The van der Waals surface area contributed by atoms with Crippen molar-refractivity contribution >= 4 is 33.3 Å². The highest BCUT2D eigenvalue weighted by Gasteiger charge is 2.09. The molecule has 0 aliphatic heterocycles. The van der Waals surface area contributed by atoms with Crippen LogP contribution in [0.15, 0.2) is 35.1 Å². The van der Waals surface area contributed by atoms with E-state index < -0.39 is 0 Å². The Balaban J connectivity index is 2.06. The molecule has 1 aromatic carbocycles. The van der Waals surface area contributed by atoms with Crippen molar-refractivity contribution in [1.29, 1.82) is 0 Å².